The van der Waals surface area contributed by atoms with E-state index in [2.05, 4.69) is 6.07 Å². The van der Waals surface area contributed by atoms with Crippen LogP contribution in [0.4, 0.5) is 5.69 Å². The van der Waals surface area contributed by atoms with Crippen LogP contribution in [0.25, 0.3) is 0 Å². The first-order valence-electron chi connectivity index (χ1n) is 8.82. The molecule has 0 spiro atoms. The number of carbonyl (C=O) groups excluding carboxylic acids is 2. The molecular weight excluding hydrogens is 346 g/mol. The monoisotopic (exact) mass is 369 g/mol. The van der Waals surface area contributed by atoms with Crippen LogP contribution >= 0.6 is 11.8 Å². The van der Waals surface area contributed by atoms with E-state index in [0.29, 0.717) is 23.7 Å². The van der Waals surface area contributed by atoms with Crippen LogP contribution in [-0.4, -0.2) is 30.6 Å². The molecule has 1 aliphatic heterocycles. The summed E-state index contributed by atoms with van der Waals surface area (Å²) < 4.78 is 5.66. The van der Waals surface area contributed by atoms with E-state index in [9.17, 15) is 9.59 Å². The highest BCUT2D eigenvalue weighted by Crippen LogP contribution is 2.29. The standard InChI is InChI=1S/C21H23NO3S/c1-3-25-20-9-8-17(15(2)23)12-18(20)13-26-14-21(24)22-11-10-16-6-4-5-7-19(16)22/h4-9,12H,3,10-11,13-14H2,1-2H3. The maximum Gasteiger partial charge on any atom is 0.237 e. The summed E-state index contributed by atoms with van der Waals surface area (Å²) in [4.78, 5) is 26.1. The van der Waals surface area contributed by atoms with Crippen molar-refractivity contribution in [3.8, 4) is 5.75 Å². The Morgan fingerprint density at radius 2 is 2.00 bits per heavy atom. The molecule has 0 aromatic heterocycles. The van der Waals surface area contributed by atoms with Crippen LogP contribution in [0, 0.1) is 0 Å². The lowest BCUT2D eigenvalue weighted by Crippen LogP contribution is -2.30. The average Bonchev–Trinajstić information content (AvgIpc) is 3.07. The van der Waals surface area contributed by atoms with Crippen LogP contribution in [0.15, 0.2) is 42.5 Å². The Morgan fingerprint density at radius 3 is 2.77 bits per heavy atom. The van der Waals surface area contributed by atoms with Crippen LogP contribution in [0.1, 0.15) is 35.3 Å². The lowest BCUT2D eigenvalue weighted by Gasteiger charge is -2.17. The maximum absolute atomic E-state index is 12.6. The van der Waals surface area contributed by atoms with Crippen LogP contribution in [0.2, 0.25) is 0 Å². The lowest BCUT2D eigenvalue weighted by molar-refractivity contribution is -0.116. The lowest BCUT2D eigenvalue weighted by atomic mass is 10.1. The van der Waals surface area contributed by atoms with Crippen molar-refractivity contribution in [1.29, 1.82) is 0 Å². The summed E-state index contributed by atoms with van der Waals surface area (Å²) in [5.74, 6) is 1.98. The second-order valence-electron chi connectivity index (χ2n) is 6.23. The Balaban J connectivity index is 1.63. The number of amides is 1. The summed E-state index contributed by atoms with van der Waals surface area (Å²) in [5.41, 5.74) is 3.90. The Labute approximate surface area is 158 Å². The van der Waals surface area contributed by atoms with Crippen molar-refractivity contribution >= 4 is 29.1 Å². The number of ketones is 1. The van der Waals surface area contributed by atoms with Crippen molar-refractivity contribution in [1.82, 2.24) is 0 Å². The number of anilines is 1. The number of ether oxygens (including phenoxy) is 1. The van der Waals surface area contributed by atoms with Crippen molar-refractivity contribution in [2.24, 2.45) is 0 Å². The number of fused-ring (bicyclic) bond motifs is 1. The third-order valence-electron chi connectivity index (χ3n) is 4.44. The van der Waals surface area contributed by atoms with Gasteiger partial charge in [0.15, 0.2) is 5.78 Å². The highest BCUT2D eigenvalue weighted by atomic mass is 32.2. The van der Waals surface area contributed by atoms with Crippen LogP contribution in [-0.2, 0) is 17.0 Å². The molecule has 4 nitrogen and oxygen atoms in total. The largest absolute Gasteiger partial charge is 0.494 e. The zero-order chi connectivity index (χ0) is 18.5. The van der Waals surface area contributed by atoms with Crippen molar-refractivity contribution in [3.05, 3.63) is 59.2 Å². The van der Waals surface area contributed by atoms with E-state index in [1.807, 2.05) is 42.2 Å². The second-order valence-corrected chi connectivity index (χ2v) is 7.21. The Kier molecular flexibility index (Phi) is 5.99. The van der Waals surface area contributed by atoms with E-state index in [1.54, 1.807) is 24.8 Å². The molecule has 2 aromatic rings. The molecule has 1 aliphatic rings. The van der Waals surface area contributed by atoms with Gasteiger partial charge in [0, 0.05) is 29.1 Å². The van der Waals surface area contributed by atoms with Gasteiger partial charge in [-0.15, -0.1) is 11.8 Å². The molecule has 0 unspecified atom stereocenters. The first-order chi connectivity index (χ1) is 12.6. The van der Waals surface area contributed by atoms with E-state index in [-0.39, 0.29) is 11.7 Å². The molecule has 0 saturated heterocycles. The first kappa shape index (κ1) is 18.5. The van der Waals surface area contributed by atoms with E-state index >= 15 is 0 Å². The highest BCUT2D eigenvalue weighted by molar-refractivity contribution is 7.99. The quantitative estimate of drug-likeness (QED) is 0.689. The number of hydrogen-bond donors (Lipinski definition) is 0. The predicted molar refractivity (Wildman–Crippen MR) is 106 cm³/mol. The third kappa shape index (κ3) is 4.10. The molecular formula is C21H23NO3S. The number of benzene rings is 2. The molecule has 0 bridgehead atoms. The SMILES string of the molecule is CCOc1ccc(C(C)=O)cc1CSCC(=O)N1CCc2ccccc21. The molecule has 0 fully saturated rings. The molecule has 2 aromatic carbocycles. The van der Waals surface area contributed by atoms with Gasteiger partial charge in [0.1, 0.15) is 5.75 Å². The highest BCUT2D eigenvalue weighted by Gasteiger charge is 2.23. The van der Waals surface area contributed by atoms with Crippen molar-refractivity contribution in [3.63, 3.8) is 0 Å². The summed E-state index contributed by atoms with van der Waals surface area (Å²) in [5, 5.41) is 0. The molecule has 0 radical (unpaired) electrons. The number of Topliss-reactive ketones (excluding diaryl/α,β-unsaturated/α-hetero) is 1. The first-order valence-corrected chi connectivity index (χ1v) is 9.98. The van der Waals surface area contributed by atoms with Crippen molar-refractivity contribution in [2.45, 2.75) is 26.0 Å². The number of nitrogens with zero attached hydrogens (tertiary/aromatic N) is 1. The molecule has 0 N–H and O–H groups in total. The Hall–Kier alpha value is -2.27. The van der Waals surface area contributed by atoms with Crippen LogP contribution < -0.4 is 9.64 Å². The van der Waals surface area contributed by atoms with Crippen molar-refractivity contribution < 1.29 is 14.3 Å². The number of rotatable bonds is 7. The minimum absolute atomic E-state index is 0.0315. The molecule has 26 heavy (non-hydrogen) atoms. The molecule has 0 aliphatic carbocycles. The smallest absolute Gasteiger partial charge is 0.237 e. The Bertz CT molecular complexity index is 819. The van der Waals surface area contributed by atoms with Crippen LogP contribution in [0.5, 0.6) is 5.75 Å². The van der Waals surface area contributed by atoms with E-state index in [0.717, 1.165) is 30.0 Å². The minimum atomic E-state index is 0.0315. The molecule has 136 valence electrons. The number of carbonyl (C=O) groups is 2. The van der Waals surface area contributed by atoms with Gasteiger partial charge in [0.25, 0.3) is 0 Å². The third-order valence-corrected chi connectivity index (χ3v) is 5.40. The van der Waals surface area contributed by atoms with Gasteiger partial charge < -0.3 is 9.64 Å². The summed E-state index contributed by atoms with van der Waals surface area (Å²) in [7, 11) is 0. The molecule has 0 saturated carbocycles. The maximum atomic E-state index is 12.6. The molecule has 1 amide bonds. The number of hydrogen-bond acceptors (Lipinski definition) is 4. The van der Waals surface area contributed by atoms with Gasteiger partial charge in [-0.2, -0.15) is 0 Å². The fourth-order valence-electron chi connectivity index (χ4n) is 3.13. The summed E-state index contributed by atoms with van der Waals surface area (Å²) in [6.45, 7) is 4.81. The average molecular weight is 369 g/mol. The fraction of sp³-hybridized carbons (Fsp3) is 0.333. The summed E-state index contributed by atoms with van der Waals surface area (Å²) >= 11 is 1.55. The Morgan fingerprint density at radius 1 is 1.19 bits per heavy atom. The molecule has 1 heterocycles. The fourth-order valence-corrected chi connectivity index (χ4v) is 4.01. The number of thioether (sulfide) groups is 1. The zero-order valence-electron chi connectivity index (χ0n) is 15.2. The van der Waals surface area contributed by atoms with Gasteiger partial charge in [-0.25, -0.2) is 0 Å². The van der Waals surface area contributed by atoms with Crippen LogP contribution in [0.3, 0.4) is 0 Å². The van der Waals surface area contributed by atoms with E-state index in [4.69, 9.17) is 4.74 Å². The minimum Gasteiger partial charge on any atom is -0.494 e. The number of para-hydroxylation sites is 1. The topological polar surface area (TPSA) is 46.6 Å². The summed E-state index contributed by atoms with van der Waals surface area (Å²) in [6.07, 6.45) is 0.918. The van der Waals surface area contributed by atoms with Gasteiger partial charge in [0.05, 0.1) is 12.4 Å². The molecule has 3 rings (SSSR count). The van der Waals surface area contributed by atoms with Crippen molar-refractivity contribution in [2.75, 3.05) is 23.8 Å². The van der Waals surface area contributed by atoms with E-state index < -0.39 is 0 Å². The predicted octanol–water partition coefficient (Wildman–Crippen LogP) is 4.11. The van der Waals surface area contributed by atoms with Gasteiger partial charge in [-0.3, -0.25) is 9.59 Å². The molecule has 5 heteroatoms. The van der Waals surface area contributed by atoms with Gasteiger partial charge in [0.2, 0.25) is 5.91 Å². The molecule has 0 atom stereocenters. The summed E-state index contributed by atoms with van der Waals surface area (Å²) in [6, 6.07) is 13.6. The second kappa shape index (κ2) is 8.41. The normalized spacial score (nSPS) is 12.8. The zero-order valence-corrected chi connectivity index (χ0v) is 16.0. The van der Waals surface area contributed by atoms with Gasteiger partial charge in [-0.1, -0.05) is 18.2 Å². The van der Waals surface area contributed by atoms with E-state index in [1.165, 1.54) is 5.56 Å². The van der Waals surface area contributed by atoms with Gasteiger partial charge >= 0.3 is 0 Å². The van der Waals surface area contributed by atoms with Gasteiger partial charge in [-0.05, 0) is 50.1 Å².